The predicted octanol–water partition coefficient (Wildman–Crippen LogP) is 4.11. The zero-order chi connectivity index (χ0) is 13.4. The highest BCUT2D eigenvalue weighted by Gasteiger charge is 2.07. The van der Waals surface area contributed by atoms with E-state index in [0.717, 1.165) is 11.5 Å². The maximum atomic E-state index is 13.6. The lowest BCUT2D eigenvalue weighted by atomic mass is 10.2. The van der Waals surface area contributed by atoms with Crippen molar-refractivity contribution in [1.82, 2.24) is 4.57 Å². The van der Waals surface area contributed by atoms with E-state index in [1.54, 1.807) is 16.8 Å². The van der Waals surface area contributed by atoms with Gasteiger partial charge < -0.3 is 4.57 Å². The van der Waals surface area contributed by atoms with Crippen molar-refractivity contribution >= 4 is 10.9 Å². The van der Waals surface area contributed by atoms with Crippen LogP contribution in [0.2, 0.25) is 0 Å². The molecule has 1 aromatic heterocycles. The first-order chi connectivity index (χ1) is 9.13. The van der Waals surface area contributed by atoms with Crippen LogP contribution < -0.4 is 0 Å². The minimum absolute atomic E-state index is 0.235. The van der Waals surface area contributed by atoms with Gasteiger partial charge in [0.2, 0.25) is 0 Å². The summed E-state index contributed by atoms with van der Waals surface area (Å²) in [6.07, 6.45) is 1.76. The van der Waals surface area contributed by atoms with Crippen LogP contribution >= 0.6 is 0 Å². The standard InChI is InChI=1S/C15H10F3N/c16-12-4-2-11(14(18)7-12)9-19-6-5-10-1-3-13(17)8-15(10)19/h1-8H,9H2. The molecule has 1 nitrogen and oxygen atoms in total. The average molecular weight is 261 g/mol. The van der Waals surface area contributed by atoms with Crippen molar-refractivity contribution in [2.24, 2.45) is 0 Å². The summed E-state index contributed by atoms with van der Waals surface area (Å²) in [5.41, 5.74) is 1.05. The molecule has 0 radical (unpaired) electrons. The molecule has 96 valence electrons. The van der Waals surface area contributed by atoms with Crippen molar-refractivity contribution in [1.29, 1.82) is 0 Å². The van der Waals surface area contributed by atoms with Gasteiger partial charge in [-0.3, -0.25) is 0 Å². The second kappa shape index (κ2) is 4.46. The monoisotopic (exact) mass is 261 g/mol. The van der Waals surface area contributed by atoms with Gasteiger partial charge in [-0.2, -0.15) is 0 Å². The van der Waals surface area contributed by atoms with Crippen molar-refractivity contribution in [3.63, 3.8) is 0 Å². The van der Waals surface area contributed by atoms with Crippen molar-refractivity contribution < 1.29 is 13.2 Å². The Bertz CT molecular complexity index is 746. The van der Waals surface area contributed by atoms with Crippen LogP contribution in [0.15, 0.2) is 48.7 Å². The minimum Gasteiger partial charge on any atom is -0.343 e. The van der Waals surface area contributed by atoms with Crippen LogP contribution in [0.3, 0.4) is 0 Å². The maximum Gasteiger partial charge on any atom is 0.131 e. The Labute approximate surface area is 107 Å². The summed E-state index contributed by atoms with van der Waals surface area (Å²) >= 11 is 0. The van der Waals surface area contributed by atoms with Crippen molar-refractivity contribution in [2.45, 2.75) is 6.54 Å². The van der Waals surface area contributed by atoms with Crippen LogP contribution in [0.25, 0.3) is 10.9 Å². The van der Waals surface area contributed by atoms with Gasteiger partial charge in [0.05, 0.1) is 12.1 Å². The largest absolute Gasteiger partial charge is 0.343 e. The van der Waals surface area contributed by atoms with E-state index in [2.05, 4.69) is 0 Å². The van der Waals surface area contributed by atoms with E-state index in [1.807, 2.05) is 6.07 Å². The third-order valence-electron chi connectivity index (χ3n) is 3.09. The molecule has 0 aliphatic carbocycles. The van der Waals surface area contributed by atoms with Gasteiger partial charge in [-0.1, -0.05) is 6.07 Å². The van der Waals surface area contributed by atoms with E-state index >= 15 is 0 Å². The van der Waals surface area contributed by atoms with Gasteiger partial charge in [0.15, 0.2) is 0 Å². The van der Waals surface area contributed by atoms with Gasteiger partial charge in [0, 0.05) is 17.8 Å². The number of aromatic nitrogens is 1. The van der Waals surface area contributed by atoms with Gasteiger partial charge >= 0.3 is 0 Å². The van der Waals surface area contributed by atoms with Crippen LogP contribution in [0.4, 0.5) is 13.2 Å². The normalized spacial score (nSPS) is 11.1. The van der Waals surface area contributed by atoms with Crippen LogP contribution in [-0.2, 0) is 6.54 Å². The number of fused-ring (bicyclic) bond motifs is 1. The first-order valence-electron chi connectivity index (χ1n) is 5.82. The van der Waals surface area contributed by atoms with Crippen LogP contribution in [0.5, 0.6) is 0 Å². The van der Waals surface area contributed by atoms with Crippen molar-refractivity contribution in [2.75, 3.05) is 0 Å². The molecule has 0 saturated carbocycles. The van der Waals surface area contributed by atoms with Gasteiger partial charge in [-0.15, -0.1) is 0 Å². The fraction of sp³-hybridized carbons (Fsp3) is 0.0667. The second-order valence-corrected chi connectivity index (χ2v) is 4.38. The molecule has 0 amide bonds. The molecule has 4 heteroatoms. The first-order valence-corrected chi connectivity index (χ1v) is 5.82. The highest BCUT2D eigenvalue weighted by molar-refractivity contribution is 5.80. The Morgan fingerprint density at radius 3 is 2.37 bits per heavy atom. The zero-order valence-corrected chi connectivity index (χ0v) is 9.91. The summed E-state index contributed by atoms with van der Waals surface area (Å²) < 4.78 is 41.4. The Hall–Kier alpha value is -2.23. The highest BCUT2D eigenvalue weighted by atomic mass is 19.1. The lowest BCUT2D eigenvalue weighted by molar-refractivity contribution is 0.567. The molecule has 3 aromatic rings. The van der Waals surface area contributed by atoms with Crippen molar-refractivity contribution in [3.8, 4) is 0 Å². The molecule has 3 rings (SSSR count). The van der Waals surface area contributed by atoms with E-state index in [9.17, 15) is 13.2 Å². The molecule has 0 N–H and O–H groups in total. The van der Waals surface area contributed by atoms with Gasteiger partial charge in [0.1, 0.15) is 17.5 Å². The Morgan fingerprint density at radius 2 is 1.58 bits per heavy atom. The summed E-state index contributed by atoms with van der Waals surface area (Å²) in [6, 6.07) is 9.74. The van der Waals surface area contributed by atoms with E-state index < -0.39 is 11.6 Å². The molecule has 0 bridgehead atoms. The van der Waals surface area contributed by atoms with Gasteiger partial charge in [-0.05, 0) is 35.7 Å². The third-order valence-corrected chi connectivity index (χ3v) is 3.09. The summed E-state index contributed by atoms with van der Waals surface area (Å²) in [7, 11) is 0. The molecule has 1 heterocycles. The molecule has 0 fully saturated rings. The highest BCUT2D eigenvalue weighted by Crippen LogP contribution is 2.19. The summed E-state index contributed by atoms with van der Waals surface area (Å²) in [4.78, 5) is 0. The molecule has 2 aromatic carbocycles. The Morgan fingerprint density at radius 1 is 0.842 bits per heavy atom. The number of hydrogen-bond acceptors (Lipinski definition) is 0. The minimum atomic E-state index is -0.607. The van der Waals surface area contributed by atoms with E-state index in [-0.39, 0.29) is 12.4 Å². The predicted molar refractivity (Wildman–Crippen MR) is 67.4 cm³/mol. The zero-order valence-electron chi connectivity index (χ0n) is 9.91. The SMILES string of the molecule is Fc1ccc(Cn2ccc3ccc(F)cc32)c(F)c1. The molecule has 0 unspecified atom stereocenters. The molecular formula is C15H10F3N. The summed E-state index contributed by atoms with van der Waals surface area (Å²) in [5.74, 6) is -1.55. The second-order valence-electron chi connectivity index (χ2n) is 4.38. The lowest BCUT2D eigenvalue weighted by Crippen LogP contribution is -2.01. The molecule has 0 aliphatic rings. The Balaban J connectivity index is 2.03. The number of hydrogen-bond donors (Lipinski definition) is 0. The molecule has 0 saturated heterocycles. The molecular weight excluding hydrogens is 251 g/mol. The lowest BCUT2D eigenvalue weighted by Gasteiger charge is -2.07. The third kappa shape index (κ3) is 2.21. The first kappa shape index (κ1) is 11.8. The molecule has 0 spiro atoms. The average Bonchev–Trinajstić information content (AvgIpc) is 2.75. The van der Waals surface area contributed by atoms with Crippen LogP contribution in [0.1, 0.15) is 5.56 Å². The Kier molecular flexibility index (Phi) is 2.78. The van der Waals surface area contributed by atoms with Crippen molar-refractivity contribution in [3.05, 3.63) is 71.7 Å². The topological polar surface area (TPSA) is 4.93 Å². The fourth-order valence-corrected chi connectivity index (χ4v) is 2.13. The molecule has 19 heavy (non-hydrogen) atoms. The molecule has 0 aliphatic heterocycles. The van der Waals surface area contributed by atoms with Gasteiger partial charge in [0.25, 0.3) is 0 Å². The van der Waals surface area contributed by atoms with E-state index in [4.69, 9.17) is 0 Å². The van der Waals surface area contributed by atoms with E-state index in [0.29, 0.717) is 11.1 Å². The van der Waals surface area contributed by atoms with Gasteiger partial charge in [-0.25, -0.2) is 13.2 Å². The van der Waals surface area contributed by atoms with Crippen LogP contribution in [0, 0.1) is 17.5 Å². The number of nitrogens with zero attached hydrogens (tertiary/aromatic N) is 1. The fourth-order valence-electron chi connectivity index (χ4n) is 2.13. The molecule has 0 atom stereocenters. The number of rotatable bonds is 2. The maximum absolute atomic E-state index is 13.6. The smallest absolute Gasteiger partial charge is 0.131 e. The summed E-state index contributed by atoms with van der Waals surface area (Å²) in [6.45, 7) is 0.235. The number of benzene rings is 2. The summed E-state index contributed by atoms with van der Waals surface area (Å²) in [5, 5.41) is 0.879. The van der Waals surface area contributed by atoms with E-state index in [1.165, 1.54) is 24.3 Å². The number of halogens is 3. The van der Waals surface area contributed by atoms with Crippen LogP contribution in [-0.4, -0.2) is 4.57 Å². The quantitative estimate of drug-likeness (QED) is 0.654.